The SMILES string of the molecule is O=[SH](=O)OCCNC1CCCCC1. The fourth-order valence-electron chi connectivity index (χ4n) is 1.69. The van der Waals surface area contributed by atoms with Crippen LogP contribution in [0.4, 0.5) is 0 Å². The van der Waals surface area contributed by atoms with Crippen LogP contribution in [0.15, 0.2) is 0 Å². The van der Waals surface area contributed by atoms with E-state index in [1.807, 2.05) is 0 Å². The number of thiol groups is 1. The molecule has 4 nitrogen and oxygen atoms in total. The largest absolute Gasteiger partial charge is 0.312 e. The van der Waals surface area contributed by atoms with E-state index < -0.39 is 11.0 Å². The van der Waals surface area contributed by atoms with Crippen LogP contribution < -0.4 is 5.32 Å². The van der Waals surface area contributed by atoms with Crippen LogP contribution in [0.1, 0.15) is 32.1 Å². The fraction of sp³-hybridized carbons (Fsp3) is 1.00. The first-order valence-corrected chi connectivity index (χ1v) is 5.89. The summed E-state index contributed by atoms with van der Waals surface area (Å²) in [7, 11) is -2.67. The fourth-order valence-corrected chi connectivity index (χ4v) is 1.93. The van der Waals surface area contributed by atoms with E-state index in [4.69, 9.17) is 0 Å². The van der Waals surface area contributed by atoms with Gasteiger partial charge < -0.3 is 5.32 Å². The molecule has 78 valence electrons. The van der Waals surface area contributed by atoms with Crippen LogP contribution in [0.25, 0.3) is 0 Å². The maximum atomic E-state index is 10.0. The lowest BCUT2D eigenvalue weighted by atomic mass is 9.96. The minimum Gasteiger partial charge on any atom is -0.312 e. The first-order chi connectivity index (χ1) is 6.29. The highest BCUT2D eigenvalue weighted by Gasteiger charge is 2.11. The van der Waals surface area contributed by atoms with Crippen LogP contribution in [0.2, 0.25) is 0 Å². The zero-order chi connectivity index (χ0) is 9.52. The molecule has 0 aromatic rings. The number of hydrogen-bond acceptors (Lipinski definition) is 4. The minimum atomic E-state index is -2.67. The molecule has 13 heavy (non-hydrogen) atoms. The Morgan fingerprint density at radius 1 is 1.23 bits per heavy atom. The molecule has 1 aliphatic carbocycles. The maximum Gasteiger partial charge on any atom is 0.257 e. The Hall–Kier alpha value is -0.130. The summed E-state index contributed by atoms with van der Waals surface area (Å²) in [6.45, 7) is 0.892. The van der Waals surface area contributed by atoms with Crippen molar-refractivity contribution in [1.82, 2.24) is 5.32 Å². The zero-order valence-electron chi connectivity index (χ0n) is 7.70. The van der Waals surface area contributed by atoms with Gasteiger partial charge in [0.1, 0.15) is 0 Å². The molecule has 1 fully saturated rings. The van der Waals surface area contributed by atoms with Crippen LogP contribution in [-0.2, 0) is 15.2 Å². The Labute approximate surface area is 80.8 Å². The van der Waals surface area contributed by atoms with Gasteiger partial charge in [-0.3, -0.25) is 4.18 Å². The predicted molar refractivity (Wildman–Crippen MR) is 51.1 cm³/mol. The van der Waals surface area contributed by atoms with Crippen molar-refractivity contribution in [2.45, 2.75) is 38.1 Å². The normalized spacial score (nSPS) is 19.5. The Bertz CT molecular complexity index is 192. The lowest BCUT2D eigenvalue weighted by Crippen LogP contribution is -2.33. The van der Waals surface area contributed by atoms with Gasteiger partial charge in [0.25, 0.3) is 11.0 Å². The van der Waals surface area contributed by atoms with E-state index in [0.29, 0.717) is 12.6 Å². The van der Waals surface area contributed by atoms with Gasteiger partial charge >= 0.3 is 0 Å². The maximum absolute atomic E-state index is 10.0. The lowest BCUT2D eigenvalue weighted by Gasteiger charge is -2.22. The van der Waals surface area contributed by atoms with E-state index in [-0.39, 0.29) is 6.61 Å². The third-order valence-electron chi connectivity index (χ3n) is 2.34. The average molecular weight is 207 g/mol. The van der Waals surface area contributed by atoms with Crippen LogP contribution in [0.5, 0.6) is 0 Å². The van der Waals surface area contributed by atoms with Crippen LogP contribution in [0, 0.1) is 0 Å². The van der Waals surface area contributed by atoms with Crippen molar-refractivity contribution in [2.24, 2.45) is 0 Å². The van der Waals surface area contributed by atoms with Crippen LogP contribution in [-0.4, -0.2) is 27.6 Å². The van der Waals surface area contributed by atoms with Crippen LogP contribution in [0.3, 0.4) is 0 Å². The number of rotatable bonds is 5. The molecule has 0 aromatic carbocycles. The van der Waals surface area contributed by atoms with Gasteiger partial charge in [0, 0.05) is 12.6 Å². The summed E-state index contributed by atoms with van der Waals surface area (Å²) in [5.41, 5.74) is 0. The predicted octanol–water partition coefficient (Wildman–Crippen LogP) is 0.452. The smallest absolute Gasteiger partial charge is 0.257 e. The van der Waals surface area contributed by atoms with E-state index in [9.17, 15) is 8.42 Å². The molecule has 1 saturated carbocycles. The second kappa shape index (κ2) is 6.34. The van der Waals surface area contributed by atoms with Gasteiger partial charge in [0.15, 0.2) is 0 Å². The zero-order valence-corrected chi connectivity index (χ0v) is 8.59. The summed E-state index contributed by atoms with van der Waals surface area (Å²) < 4.78 is 24.5. The van der Waals surface area contributed by atoms with Gasteiger partial charge in [-0.05, 0) is 12.8 Å². The molecule has 0 radical (unpaired) electrons. The molecule has 0 saturated heterocycles. The van der Waals surface area contributed by atoms with Gasteiger partial charge in [-0.25, -0.2) is 8.42 Å². The molecule has 1 N–H and O–H groups in total. The number of hydrogen-bond donors (Lipinski definition) is 2. The lowest BCUT2D eigenvalue weighted by molar-refractivity contribution is 0.301. The Kier molecular flexibility index (Phi) is 5.34. The van der Waals surface area contributed by atoms with Crippen molar-refractivity contribution in [3.05, 3.63) is 0 Å². The third-order valence-corrected chi connectivity index (χ3v) is 2.73. The molecule has 0 atom stereocenters. The molecule has 0 aromatic heterocycles. The van der Waals surface area contributed by atoms with Gasteiger partial charge in [-0.2, -0.15) is 0 Å². The van der Waals surface area contributed by atoms with Gasteiger partial charge in [-0.1, -0.05) is 19.3 Å². The standard InChI is InChI=1S/C8H17NO3S/c10-13(11)12-7-6-9-8-4-2-1-3-5-8/h8-9,13H,1-7H2. The molecule has 0 heterocycles. The third kappa shape index (κ3) is 5.23. The summed E-state index contributed by atoms with van der Waals surface area (Å²) in [4.78, 5) is 0. The quantitative estimate of drug-likeness (QED) is 0.508. The Morgan fingerprint density at radius 3 is 2.54 bits per heavy atom. The van der Waals surface area contributed by atoms with Crippen molar-refractivity contribution >= 4 is 11.0 Å². The first kappa shape index (κ1) is 10.9. The highest BCUT2D eigenvalue weighted by molar-refractivity contribution is 7.67. The summed E-state index contributed by atoms with van der Waals surface area (Å²) >= 11 is 0. The van der Waals surface area contributed by atoms with Gasteiger partial charge in [-0.15, -0.1) is 0 Å². The summed E-state index contributed by atoms with van der Waals surface area (Å²) in [5.74, 6) is 0. The number of nitrogens with one attached hydrogen (secondary N) is 1. The molecular formula is C8H17NO3S. The van der Waals surface area contributed by atoms with E-state index in [0.717, 1.165) is 0 Å². The molecule has 1 rings (SSSR count). The highest BCUT2D eigenvalue weighted by atomic mass is 32.2. The molecule has 1 aliphatic rings. The summed E-state index contributed by atoms with van der Waals surface area (Å²) in [6.07, 6.45) is 6.33. The average Bonchev–Trinajstić information content (AvgIpc) is 2.14. The van der Waals surface area contributed by atoms with Crippen molar-refractivity contribution < 1.29 is 12.6 Å². The van der Waals surface area contributed by atoms with Gasteiger partial charge in [0.2, 0.25) is 0 Å². The molecule has 0 amide bonds. The molecular weight excluding hydrogens is 190 g/mol. The Morgan fingerprint density at radius 2 is 1.92 bits per heavy atom. The topological polar surface area (TPSA) is 55.4 Å². The second-order valence-electron chi connectivity index (χ2n) is 3.35. The van der Waals surface area contributed by atoms with E-state index in [1.54, 1.807) is 0 Å². The van der Waals surface area contributed by atoms with E-state index in [1.165, 1.54) is 32.1 Å². The van der Waals surface area contributed by atoms with Crippen molar-refractivity contribution in [3.8, 4) is 0 Å². The highest BCUT2D eigenvalue weighted by Crippen LogP contribution is 2.16. The van der Waals surface area contributed by atoms with E-state index >= 15 is 0 Å². The van der Waals surface area contributed by atoms with Crippen LogP contribution >= 0.6 is 0 Å². The first-order valence-electron chi connectivity index (χ1n) is 4.80. The molecule has 0 bridgehead atoms. The molecule has 5 heteroatoms. The molecule has 0 aliphatic heterocycles. The Balaban J connectivity index is 1.98. The van der Waals surface area contributed by atoms with Crippen molar-refractivity contribution in [1.29, 1.82) is 0 Å². The summed E-state index contributed by atoms with van der Waals surface area (Å²) in [5, 5.41) is 3.28. The second-order valence-corrected chi connectivity index (χ2v) is 4.05. The molecule has 0 spiro atoms. The summed E-state index contributed by atoms with van der Waals surface area (Å²) in [6, 6.07) is 0.571. The molecule has 0 unspecified atom stereocenters. The minimum absolute atomic E-state index is 0.259. The van der Waals surface area contributed by atoms with Crippen molar-refractivity contribution in [3.63, 3.8) is 0 Å². The van der Waals surface area contributed by atoms with Crippen molar-refractivity contribution in [2.75, 3.05) is 13.2 Å². The van der Waals surface area contributed by atoms with Gasteiger partial charge in [0.05, 0.1) is 6.61 Å². The monoisotopic (exact) mass is 207 g/mol. The van der Waals surface area contributed by atoms with E-state index in [2.05, 4.69) is 9.50 Å².